The maximum atomic E-state index is 4.90. The molecule has 0 amide bonds. The van der Waals surface area contributed by atoms with Gasteiger partial charge in [0.2, 0.25) is 0 Å². The van der Waals surface area contributed by atoms with Gasteiger partial charge in [-0.15, -0.1) is 0 Å². The fourth-order valence-corrected chi connectivity index (χ4v) is 5.02. The van der Waals surface area contributed by atoms with Gasteiger partial charge in [0.15, 0.2) is 17.5 Å². The molecule has 0 atom stereocenters. The van der Waals surface area contributed by atoms with Crippen molar-refractivity contribution in [3.8, 4) is 67.5 Å². The van der Waals surface area contributed by atoms with Gasteiger partial charge in [-0.25, -0.2) is 15.0 Å². The highest BCUT2D eigenvalue weighted by Gasteiger charge is 2.15. The van der Waals surface area contributed by atoms with Crippen LogP contribution >= 0.6 is 0 Å². The third-order valence-corrected chi connectivity index (χ3v) is 7.14. The van der Waals surface area contributed by atoms with Crippen LogP contribution in [0.4, 0.5) is 0 Å². The van der Waals surface area contributed by atoms with Gasteiger partial charge >= 0.3 is 0 Å². The maximum Gasteiger partial charge on any atom is 0.165 e. The Balaban J connectivity index is 1.37. The van der Waals surface area contributed by atoms with Gasteiger partial charge in [-0.05, 0) is 63.7 Å². The van der Waals surface area contributed by atoms with E-state index < -0.39 is 0 Å². The van der Waals surface area contributed by atoms with Crippen molar-refractivity contribution in [3.05, 3.63) is 152 Å². The molecule has 4 aromatic carbocycles. The van der Waals surface area contributed by atoms with Gasteiger partial charge in [0.1, 0.15) is 0 Å². The summed E-state index contributed by atoms with van der Waals surface area (Å²) < 4.78 is 0. The zero-order valence-electron chi connectivity index (χ0n) is 22.7. The highest BCUT2D eigenvalue weighted by molar-refractivity contribution is 5.87. The standard InChI is InChI=1S/C37H25N5/c1-3-9-26(10-4-1)27-15-17-29(18-16-27)33-20-19-30(23-34(33)28-11-5-2-6-12-28)35-40-36(31-13-7-21-38-24-31)42-37(41-35)32-14-8-22-39-25-32/h1-25H. The second-order valence-electron chi connectivity index (χ2n) is 9.86. The lowest BCUT2D eigenvalue weighted by atomic mass is 9.91. The molecule has 3 heterocycles. The van der Waals surface area contributed by atoms with Crippen LogP contribution in [0.25, 0.3) is 67.5 Å². The zero-order valence-corrected chi connectivity index (χ0v) is 22.7. The van der Waals surface area contributed by atoms with Gasteiger partial charge in [0, 0.05) is 41.5 Å². The molecule has 198 valence electrons. The van der Waals surface area contributed by atoms with Crippen molar-refractivity contribution in [3.63, 3.8) is 0 Å². The van der Waals surface area contributed by atoms with Crippen molar-refractivity contribution >= 4 is 0 Å². The Labute approximate surface area is 244 Å². The van der Waals surface area contributed by atoms with Crippen LogP contribution in [0.3, 0.4) is 0 Å². The van der Waals surface area contributed by atoms with Crippen molar-refractivity contribution < 1.29 is 0 Å². The third-order valence-electron chi connectivity index (χ3n) is 7.14. The topological polar surface area (TPSA) is 64.5 Å². The fourth-order valence-electron chi connectivity index (χ4n) is 5.02. The van der Waals surface area contributed by atoms with Gasteiger partial charge in [0.05, 0.1) is 0 Å². The Bertz CT molecular complexity index is 1880. The summed E-state index contributed by atoms with van der Waals surface area (Å²) in [5.74, 6) is 1.72. The molecule has 5 nitrogen and oxygen atoms in total. The average Bonchev–Trinajstić information content (AvgIpc) is 3.09. The second-order valence-corrected chi connectivity index (χ2v) is 9.86. The predicted octanol–water partition coefficient (Wildman–Crippen LogP) is 8.66. The Kier molecular flexibility index (Phi) is 6.81. The van der Waals surface area contributed by atoms with E-state index in [9.17, 15) is 0 Å². The van der Waals surface area contributed by atoms with E-state index in [1.807, 2.05) is 36.4 Å². The van der Waals surface area contributed by atoms with E-state index in [2.05, 4.69) is 101 Å². The third kappa shape index (κ3) is 5.19. The van der Waals surface area contributed by atoms with Gasteiger partial charge in [-0.3, -0.25) is 9.97 Å². The van der Waals surface area contributed by atoms with Crippen molar-refractivity contribution in [2.45, 2.75) is 0 Å². The van der Waals surface area contributed by atoms with Crippen LogP contribution in [0.2, 0.25) is 0 Å². The van der Waals surface area contributed by atoms with Gasteiger partial charge in [-0.1, -0.05) is 97.1 Å². The molecule has 0 spiro atoms. The summed E-state index contributed by atoms with van der Waals surface area (Å²) >= 11 is 0. The summed E-state index contributed by atoms with van der Waals surface area (Å²) in [5, 5.41) is 0. The van der Waals surface area contributed by atoms with Crippen LogP contribution in [0.1, 0.15) is 0 Å². The molecule has 0 saturated carbocycles. The highest BCUT2D eigenvalue weighted by atomic mass is 15.0. The Morgan fingerprint density at radius 2 is 0.738 bits per heavy atom. The quantitative estimate of drug-likeness (QED) is 0.212. The van der Waals surface area contributed by atoms with E-state index in [4.69, 9.17) is 15.0 Å². The van der Waals surface area contributed by atoms with Crippen LogP contribution < -0.4 is 0 Å². The summed E-state index contributed by atoms with van der Waals surface area (Å²) in [6, 6.07) is 43.7. The summed E-state index contributed by atoms with van der Waals surface area (Å²) in [7, 11) is 0. The van der Waals surface area contributed by atoms with E-state index in [0.29, 0.717) is 17.5 Å². The number of pyridine rings is 2. The normalized spacial score (nSPS) is 10.9. The maximum absolute atomic E-state index is 4.90. The van der Waals surface area contributed by atoms with Crippen molar-refractivity contribution in [1.29, 1.82) is 0 Å². The summed E-state index contributed by atoms with van der Waals surface area (Å²) in [6.45, 7) is 0. The number of benzene rings is 4. The average molecular weight is 540 g/mol. The number of rotatable bonds is 6. The molecule has 0 radical (unpaired) electrons. The van der Waals surface area contributed by atoms with E-state index in [1.165, 1.54) is 11.1 Å². The minimum absolute atomic E-state index is 0.564. The molecule has 3 aromatic heterocycles. The number of aromatic nitrogens is 5. The Morgan fingerprint density at radius 3 is 1.29 bits per heavy atom. The molecule has 42 heavy (non-hydrogen) atoms. The van der Waals surface area contributed by atoms with Gasteiger partial charge in [-0.2, -0.15) is 0 Å². The van der Waals surface area contributed by atoms with Crippen LogP contribution in [-0.4, -0.2) is 24.9 Å². The summed E-state index contributed by atoms with van der Waals surface area (Å²) in [5.41, 5.74) is 9.44. The SMILES string of the molecule is c1ccc(-c2ccc(-c3ccc(-c4nc(-c5cccnc5)nc(-c5cccnc5)n4)cc3-c3ccccc3)cc2)cc1. The predicted molar refractivity (Wildman–Crippen MR) is 168 cm³/mol. The zero-order chi connectivity index (χ0) is 28.1. The molecule has 0 unspecified atom stereocenters. The molecule has 0 fully saturated rings. The molecule has 0 bridgehead atoms. The minimum Gasteiger partial charge on any atom is -0.264 e. The van der Waals surface area contributed by atoms with E-state index in [1.54, 1.807) is 24.8 Å². The van der Waals surface area contributed by atoms with Gasteiger partial charge in [0.25, 0.3) is 0 Å². The van der Waals surface area contributed by atoms with Crippen molar-refractivity contribution in [2.75, 3.05) is 0 Å². The second kappa shape index (κ2) is 11.4. The molecular weight excluding hydrogens is 514 g/mol. The van der Waals surface area contributed by atoms with Crippen LogP contribution in [0.5, 0.6) is 0 Å². The van der Waals surface area contributed by atoms with Crippen LogP contribution in [-0.2, 0) is 0 Å². The fraction of sp³-hybridized carbons (Fsp3) is 0. The summed E-state index contributed by atoms with van der Waals surface area (Å²) in [4.78, 5) is 23.1. The number of nitrogens with zero attached hydrogens (tertiary/aromatic N) is 5. The molecule has 0 N–H and O–H groups in total. The molecule has 0 aliphatic heterocycles. The van der Waals surface area contributed by atoms with E-state index in [0.717, 1.165) is 38.9 Å². The van der Waals surface area contributed by atoms with E-state index in [-0.39, 0.29) is 0 Å². The van der Waals surface area contributed by atoms with Crippen molar-refractivity contribution in [1.82, 2.24) is 24.9 Å². The Morgan fingerprint density at radius 1 is 0.310 bits per heavy atom. The lowest BCUT2D eigenvalue weighted by molar-refractivity contribution is 1.07. The molecule has 7 aromatic rings. The lowest BCUT2D eigenvalue weighted by Gasteiger charge is -2.14. The molecule has 0 aliphatic rings. The lowest BCUT2D eigenvalue weighted by Crippen LogP contribution is -2.01. The summed E-state index contributed by atoms with van der Waals surface area (Å²) in [6.07, 6.45) is 7.02. The minimum atomic E-state index is 0.564. The molecule has 5 heteroatoms. The first-order valence-electron chi connectivity index (χ1n) is 13.7. The number of hydrogen-bond donors (Lipinski definition) is 0. The van der Waals surface area contributed by atoms with Gasteiger partial charge < -0.3 is 0 Å². The van der Waals surface area contributed by atoms with Crippen LogP contribution in [0.15, 0.2) is 152 Å². The monoisotopic (exact) mass is 539 g/mol. The smallest absolute Gasteiger partial charge is 0.165 e. The van der Waals surface area contributed by atoms with Crippen LogP contribution in [0, 0.1) is 0 Å². The molecular formula is C37H25N5. The molecule has 0 aliphatic carbocycles. The first kappa shape index (κ1) is 25.2. The first-order valence-corrected chi connectivity index (χ1v) is 13.7. The van der Waals surface area contributed by atoms with E-state index >= 15 is 0 Å². The molecule has 0 saturated heterocycles. The first-order chi connectivity index (χ1) is 20.8. The largest absolute Gasteiger partial charge is 0.264 e. The molecule has 7 rings (SSSR count). The highest BCUT2D eigenvalue weighted by Crippen LogP contribution is 2.36. The Hall–Kier alpha value is -5.81. The van der Waals surface area contributed by atoms with Crippen molar-refractivity contribution in [2.24, 2.45) is 0 Å². The number of hydrogen-bond acceptors (Lipinski definition) is 5.